The summed E-state index contributed by atoms with van der Waals surface area (Å²) in [5.74, 6) is 0. The molecule has 1 aromatic heterocycles. The minimum atomic E-state index is 0.976. The van der Waals surface area contributed by atoms with Gasteiger partial charge < -0.3 is 10.2 Å². The van der Waals surface area contributed by atoms with E-state index in [0.29, 0.717) is 0 Å². The van der Waals surface area contributed by atoms with Gasteiger partial charge in [-0.3, -0.25) is 0 Å². The molecule has 0 aliphatic heterocycles. The van der Waals surface area contributed by atoms with E-state index in [0.717, 1.165) is 26.2 Å². The van der Waals surface area contributed by atoms with E-state index in [1.54, 1.807) is 0 Å². The highest BCUT2D eigenvalue weighted by molar-refractivity contribution is 7.09. The third kappa shape index (κ3) is 3.86. The predicted molar refractivity (Wildman–Crippen MR) is 80.4 cm³/mol. The molecule has 18 heavy (non-hydrogen) atoms. The van der Waals surface area contributed by atoms with Crippen molar-refractivity contribution in [3.8, 4) is 0 Å². The fourth-order valence-electron chi connectivity index (χ4n) is 1.95. The molecule has 1 N–H and O–H groups in total. The van der Waals surface area contributed by atoms with Crippen molar-refractivity contribution >= 4 is 17.0 Å². The van der Waals surface area contributed by atoms with E-state index in [1.165, 1.54) is 10.6 Å². The van der Waals surface area contributed by atoms with Crippen molar-refractivity contribution < 1.29 is 0 Å². The van der Waals surface area contributed by atoms with Crippen molar-refractivity contribution in [2.24, 2.45) is 0 Å². The van der Waals surface area contributed by atoms with Gasteiger partial charge in [-0.05, 0) is 30.5 Å². The zero-order valence-corrected chi connectivity index (χ0v) is 11.6. The maximum absolute atomic E-state index is 3.49. The predicted octanol–water partition coefficient (Wildman–Crippen LogP) is 3.36. The molecule has 0 radical (unpaired) electrons. The van der Waals surface area contributed by atoms with Crippen LogP contribution in [0.3, 0.4) is 0 Å². The average Bonchev–Trinajstić information content (AvgIpc) is 2.93. The molecule has 0 spiro atoms. The molecule has 0 amide bonds. The Labute approximate surface area is 113 Å². The van der Waals surface area contributed by atoms with Crippen molar-refractivity contribution in [3.63, 3.8) is 0 Å². The second kappa shape index (κ2) is 7.19. The number of hydrogen-bond donors (Lipinski definition) is 1. The lowest BCUT2D eigenvalue weighted by Crippen LogP contribution is -2.31. The van der Waals surface area contributed by atoms with Crippen LogP contribution in [0, 0.1) is 0 Å². The summed E-state index contributed by atoms with van der Waals surface area (Å²) in [6.07, 6.45) is 0. The molecule has 0 aliphatic carbocycles. The fourth-order valence-corrected chi connectivity index (χ4v) is 2.62. The molecule has 3 heteroatoms. The second-order valence-corrected chi connectivity index (χ2v) is 5.20. The van der Waals surface area contributed by atoms with Crippen molar-refractivity contribution in [2.75, 3.05) is 24.5 Å². The molecule has 0 bridgehead atoms. The molecule has 2 aromatic rings. The van der Waals surface area contributed by atoms with Crippen LogP contribution in [0.15, 0.2) is 47.8 Å². The normalized spacial score (nSPS) is 10.5. The maximum atomic E-state index is 3.49. The Morgan fingerprint density at radius 3 is 2.61 bits per heavy atom. The van der Waals surface area contributed by atoms with Gasteiger partial charge in [0.25, 0.3) is 0 Å². The van der Waals surface area contributed by atoms with Crippen LogP contribution in [0.2, 0.25) is 0 Å². The van der Waals surface area contributed by atoms with Crippen LogP contribution in [0.5, 0.6) is 0 Å². The number of nitrogens with zero attached hydrogens (tertiary/aromatic N) is 1. The molecule has 0 unspecified atom stereocenters. The molecule has 0 saturated carbocycles. The minimum Gasteiger partial charge on any atom is -0.371 e. The van der Waals surface area contributed by atoms with Gasteiger partial charge >= 0.3 is 0 Å². The van der Waals surface area contributed by atoms with Gasteiger partial charge in [-0.15, -0.1) is 11.3 Å². The van der Waals surface area contributed by atoms with E-state index in [1.807, 2.05) is 11.3 Å². The zero-order chi connectivity index (χ0) is 12.6. The van der Waals surface area contributed by atoms with Crippen LogP contribution in [0.1, 0.15) is 11.8 Å². The summed E-state index contributed by atoms with van der Waals surface area (Å²) in [6, 6.07) is 14.9. The highest BCUT2D eigenvalue weighted by Gasteiger charge is 2.02. The van der Waals surface area contributed by atoms with E-state index >= 15 is 0 Å². The molecule has 0 fully saturated rings. The number of nitrogens with one attached hydrogen (secondary N) is 1. The first-order valence-corrected chi connectivity index (χ1v) is 7.31. The summed E-state index contributed by atoms with van der Waals surface area (Å²) >= 11 is 1.81. The number of likely N-dealkylation sites (N-methyl/N-ethyl adjacent to an activating group) is 1. The lowest BCUT2D eigenvalue weighted by Gasteiger charge is -2.23. The Morgan fingerprint density at radius 1 is 1.11 bits per heavy atom. The monoisotopic (exact) mass is 260 g/mol. The third-order valence-electron chi connectivity index (χ3n) is 2.94. The van der Waals surface area contributed by atoms with Gasteiger partial charge in [0.05, 0.1) is 0 Å². The largest absolute Gasteiger partial charge is 0.371 e. The molecule has 0 atom stereocenters. The quantitative estimate of drug-likeness (QED) is 0.768. The number of benzene rings is 1. The molecular weight excluding hydrogens is 240 g/mol. The van der Waals surface area contributed by atoms with Gasteiger partial charge in [0.1, 0.15) is 0 Å². The van der Waals surface area contributed by atoms with Crippen LogP contribution < -0.4 is 10.2 Å². The van der Waals surface area contributed by atoms with Crippen LogP contribution in [0.4, 0.5) is 5.69 Å². The Morgan fingerprint density at radius 2 is 1.94 bits per heavy atom. The van der Waals surface area contributed by atoms with Gasteiger partial charge in [-0.25, -0.2) is 0 Å². The summed E-state index contributed by atoms with van der Waals surface area (Å²) in [5.41, 5.74) is 1.30. The molecule has 1 aromatic carbocycles. The number of para-hydroxylation sites is 1. The van der Waals surface area contributed by atoms with E-state index in [9.17, 15) is 0 Å². The Bertz CT molecular complexity index is 425. The second-order valence-electron chi connectivity index (χ2n) is 4.17. The lowest BCUT2D eigenvalue weighted by molar-refractivity contribution is 0.670. The van der Waals surface area contributed by atoms with Gasteiger partial charge in [0, 0.05) is 36.7 Å². The van der Waals surface area contributed by atoms with Crippen molar-refractivity contribution in [1.29, 1.82) is 0 Å². The van der Waals surface area contributed by atoms with Crippen molar-refractivity contribution in [1.82, 2.24) is 5.32 Å². The number of hydrogen-bond acceptors (Lipinski definition) is 3. The van der Waals surface area contributed by atoms with Crippen LogP contribution >= 0.6 is 11.3 Å². The average molecular weight is 260 g/mol. The van der Waals surface area contributed by atoms with Gasteiger partial charge in [-0.1, -0.05) is 24.3 Å². The van der Waals surface area contributed by atoms with E-state index < -0.39 is 0 Å². The Kier molecular flexibility index (Phi) is 5.24. The summed E-state index contributed by atoms with van der Waals surface area (Å²) in [6.45, 7) is 6.29. The molecule has 1 heterocycles. The summed E-state index contributed by atoms with van der Waals surface area (Å²) in [7, 11) is 0. The molecule has 2 nitrogen and oxygen atoms in total. The maximum Gasteiger partial charge on any atom is 0.0366 e. The van der Waals surface area contributed by atoms with Crippen LogP contribution in [0.25, 0.3) is 0 Å². The van der Waals surface area contributed by atoms with E-state index in [-0.39, 0.29) is 0 Å². The summed E-state index contributed by atoms with van der Waals surface area (Å²) in [5, 5.41) is 5.62. The van der Waals surface area contributed by atoms with Gasteiger partial charge in [0.2, 0.25) is 0 Å². The SMILES string of the molecule is CCN(CCNCc1cccs1)c1ccccc1. The first-order valence-electron chi connectivity index (χ1n) is 6.43. The van der Waals surface area contributed by atoms with E-state index in [2.05, 4.69) is 65.0 Å². The molecule has 2 rings (SSSR count). The molecule has 96 valence electrons. The standard InChI is InChI=1S/C15H20N2S/c1-2-17(14-7-4-3-5-8-14)11-10-16-13-15-9-6-12-18-15/h3-9,12,16H,2,10-11,13H2,1H3. The first kappa shape index (κ1) is 13.1. The number of rotatable bonds is 7. The summed E-state index contributed by atoms with van der Waals surface area (Å²) < 4.78 is 0. The van der Waals surface area contributed by atoms with Crippen LogP contribution in [-0.2, 0) is 6.54 Å². The van der Waals surface area contributed by atoms with Gasteiger partial charge in [-0.2, -0.15) is 0 Å². The highest BCUT2D eigenvalue weighted by atomic mass is 32.1. The Hall–Kier alpha value is -1.32. The summed E-state index contributed by atoms with van der Waals surface area (Å²) in [4.78, 5) is 3.79. The van der Waals surface area contributed by atoms with Gasteiger partial charge in [0.15, 0.2) is 0 Å². The molecule has 0 aliphatic rings. The van der Waals surface area contributed by atoms with Crippen LogP contribution in [-0.4, -0.2) is 19.6 Å². The third-order valence-corrected chi connectivity index (χ3v) is 3.82. The fraction of sp³-hybridized carbons (Fsp3) is 0.333. The van der Waals surface area contributed by atoms with Crippen molar-refractivity contribution in [2.45, 2.75) is 13.5 Å². The smallest absolute Gasteiger partial charge is 0.0366 e. The Balaban J connectivity index is 1.74. The topological polar surface area (TPSA) is 15.3 Å². The number of anilines is 1. The number of thiophene rings is 1. The highest BCUT2D eigenvalue weighted by Crippen LogP contribution is 2.12. The zero-order valence-electron chi connectivity index (χ0n) is 10.8. The lowest BCUT2D eigenvalue weighted by atomic mass is 10.3. The minimum absolute atomic E-state index is 0.976. The van der Waals surface area contributed by atoms with E-state index in [4.69, 9.17) is 0 Å². The first-order chi connectivity index (χ1) is 8.90. The molecular formula is C15H20N2S. The molecule has 0 saturated heterocycles. The van der Waals surface area contributed by atoms with Crippen molar-refractivity contribution in [3.05, 3.63) is 52.7 Å².